The van der Waals surface area contributed by atoms with Crippen LogP contribution in [0.25, 0.3) is 0 Å². The van der Waals surface area contributed by atoms with E-state index in [1.54, 1.807) is 25.6 Å². The molecule has 0 saturated carbocycles. The second-order valence-corrected chi connectivity index (χ2v) is 6.25. The van der Waals surface area contributed by atoms with E-state index in [0.29, 0.717) is 17.8 Å². The number of methoxy groups -OCH3 is 1. The Kier molecular flexibility index (Phi) is 4.97. The van der Waals surface area contributed by atoms with Gasteiger partial charge in [-0.25, -0.2) is 0 Å². The van der Waals surface area contributed by atoms with E-state index in [-0.39, 0.29) is 24.3 Å². The van der Waals surface area contributed by atoms with E-state index in [1.807, 2.05) is 31.2 Å². The Morgan fingerprint density at radius 1 is 1.36 bits per heavy atom. The van der Waals surface area contributed by atoms with Gasteiger partial charge in [0.15, 0.2) is 0 Å². The molecule has 1 aliphatic heterocycles. The van der Waals surface area contributed by atoms with Crippen molar-refractivity contribution < 1.29 is 14.3 Å². The molecule has 2 aromatic rings. The zero-order chi connectivity index (χ0) is 17.8. The molecule has 1 atom stereocenters. The molecule has 3 rings (SSSR count). The number of amides is 2. The van der Waals surface area contributed by atoms with Gasteiger partial charge in [0.25, 0.3) is 0 Å². The minimum atomic E-state index is -0.203. The number of hydrogen-bond donors (Lipinski definition) is 1. The number of ether oxygens (including phenoxy) is 1. The number of anilines is 2. The molecule has 1 N–H and O–H groups in total. The number of carbonyl (C=O) groups is 2. The lowest BCUT2D eigenvalue weighted by molar-refractivity contribution is -0.122. The molecule has 1 aliphatic rings. The minimum absolute atomic E-state index is 0.0389. The molecule has 1 aromatic heterocycles. The van der Waals surface area contributed by atoms with Gasteiger partial charge >= 0.3 is 0 Å². The first-order valence-corrected chi connectivity index (χ1v) is 8.24. The summed E-state index contributed by atoms with van der Waals surface area (Å²) in [7, 11) is 1.64. The summed E-state index contributed by atoms with van der Waals surface area (Å²) < 4.78 is 5.37. The third kappa shape index (κ3) is 3.79. The Morgan fingerprint density at radius 2 is 2.16 bits per heavy atom. The topological polar surface area (TPSA) is 71.5 Å². The quantitative estimate of drug-likeness (QED) is 0.909. The minimum Gasteiger partial charge on any atom is -0.496 e. The van der Waals surface area contributed by atoms with Crippen molar-refractivity contribution in [3.63, 3.8) is 0 Å². The molecule has 6 nitrogen and oxygen atoms in total. The first-order valence-electron chi connectivity index (χ1n) is 8.24. The number of fused-ring (bicyclic) bond motifs is 1. The van der Waals surface area contributed by atoms with Gasteiger partial charge in [0.05, 0.1) is 24.7 Å². The van der Waals surface area contributed by atoms with Gasteiger partial charge in [0, 0.05) is 12.6 Å². The summed E-state index contributed by atoms with van der Waals surface area (Å²) in [5, 5.41) is 2.74. The van der Waals surface area contributed by atoms with E-state index in [4.69, 9.17) is 4.74 Å². The first-order chi connectivity index (χ1) is 12.1. The number of carbonyl (C=O) groups excluding carboxylic acids is 2. The molecule has 6 heteroatoms. The van der Waals surface area contributed by atoms with Crippen LogP contribution in [0.1, 0.15) is 18.9 Å². The maximum Gasteiger partial charge on any atom is 0.244 e. The van der Waals surface area contributed by atoms with Crippen LogP contribution in [-0.4, -0.2) is 30.5 Å². The Labute approximate surface area is 146 Å². The third-order valence-electron chi connectivity index (χ3n) is 4.25. The summed E-state index contributed by atoms with van der Waals surface area (Å²) in [5.41, 5.74) is 2.35. The summed E-state index contributed by atoms with van der Waals surface area (Å²) in [6.07, 6.45) is 4.27. The Balaban J connectivity index is 1.71. The van der Waals surface area contributed by atoms with Crippen LogP contribution >= 0.6 is 0 Å². The second-order valence-electron chi connectivity index (χ2n) is 6.25. The molecule has 0 fully saturated rings. The smallest absolute Gasteiger partial charge is 0.244 e. The maximum absolute atomic E-state index is 12.8. The summed E-state index contributed by atoms with van der Waals surface area (Å²) in [5.74, 6) is 0.686. The Hall–Kier alpha value is -2.89. The number of nitrogens with zero attached hydrogens (tertiary/aromatic N) is 2. The SMILES string of the molecule is COc1ccccc1C[C@H](C)CC(=O)N1CC(=O)Nc2cnccc21. The molecule has 0 radical (unpaired) electrons. The molecular formula is C19H21N3O3. The van der Waals surface area contributed by atoms with E-state index in [1.165, 1.54) is 4.90 Å². The molecule has 0 bridgehead atoms. The number of aromatic nitrogens is 1. The number of benzene rings is 1. The highest BCUT2D eigenvalue weighted by Gasteiger charge is 2.27. The summed E-state index contributed by atoms with van der Waals surface area (Å²) in [6.45, 7) is 2.07. The largest absolute Gasteiger partial charge is 0.496 e. The molecule has 2 heterocycles. The van der Waals surface area contributed by atoms with E-state index in [9.17, 15) is 9.59 Å². The van der Waals surface area contributed by atoms with E-state index < -0.39 is 0 Å². The van der Waals surface area contributed by atoms with Crippen molar-refractivity contribution in [2.24, 2.45) is 5.92 Å². The van der Waals surface area contributed by atoms with Gasteiger partial charge in [-0.1, -0.05) is 25.1 Å². The average molecular weight is 339 g/mol. The lowest BCUT2D eigenvalue weighted by Crippen LogP contribution is -2.42. The highest BCUT2D eigenvalue weighted by molar-refractivity contribution is 6.09. The number of para-hydroxylation sites is 1. The number of hydrogen-bond acceptors (Lipinski definition) is 4. The van der Waals surface area contributed by atoms with Crippen LogP contribution in [0.15, 0.2) is 42.7 Å². The van der Waals surface area contributed by atoms with E-state index in [0.717, 1.165) is 17.7 Å². The number of nitrogens with one attached hydrogen (secondary N) is 1. The van der Waals surface area contributed by atoms with Gasteiger partial charge in [-0.2, -0.15) is 0 Å². The second kappa shape index (κ2) is 7.34. The number of pyridine rings is 1. The van der Waals surface area contributed by atoms with Crippen LogP contribution < -0.4 is 15.0 Å². The number of rotatable bonds is 5. The van der Waals surface area contributed by atoms with Crippen molar-refractivity contribution in [1.29, 1.82) is 0 Å². The van der Waals surface area contributed by atoms with Crippen molar-refractivity contribution in [2.75, 3.05) is 23.9 Å². The predicted molar refractivity (Wildman–Crippen MR) is 95.7 cm³/mol. The lowest BCUT2D eigenvalue weighted by Gasteiger charge is -2.29. The molecule has 2 amide bonds. The molecule has 0 spiro atoms. The van der Waals surface area contributed by atoms with Crippen molar-refractivity contribution in [3.05, 3.63) is 48.3 Å². The fourth-order valence-corrected chi connectivity index (χ4v) is 3.09. The zero-order valence-electron chi connectivity index (χ0n) is 14.4. The lowest BCUT2D eigenvalue weighted by atomic mass is 9.96. The summed E-state index contributed by atoms with van der Waals surface area (Å²) in [4.78, 5) is 30.1. The summed E-state index contributed by atoms with van der Waals surface area (Å²) >= 11 is 0. The molecule has 0 aliphatic carbocycles. The molecule has 0 saturated heterocycles. The predicted octanol–water partition coefficient (Wildman–Crippen LogP) is 2.64. The van der Waals surface area contributed by atoms with Crippen molar-refractivity contribution >= 4 is 23.2 Å². The third-order valence-corrected chi connectivity index (χ3v) is 4.25. The van der Waals surface area contributed by atoms with Crippen LogP contribution in [0.2, 0.25) is 0 Å². The average Bonchev–Trinajstić information content (AvgIpc) is 2.61. The maximum atomic E-state index is 12.8. The van der Waals surface area contributed by atoms with Gasteiger partial charge < -0.3 is 15.0 Å². The monoisotopic (exact) mass is 339 g/mol. The highest BCUT2D eigenvalue weighted by atomic mass is 16.5. The van der Waals surface area contributed by atoms with E-state index in [2.05, 4.69) is 10.3 Å². The standard InChI is InChI=1S/C19H21N3O3/c1-13(9-14-5-3-4-6-17(14)25-2)10-19(24)22-12-18(23)21-15-11-20-8-7-16(15)22/h3-8,11,13H,9-10,12H2,1-2H3,(H,21,23)/t13-/m0/s1. The summed E-state index contributed by atoms with van der Waals surface area (Å²) in [6, 6.07) is 9.56. The van der Waals surface area contributed by atoms with Crippen LogP contribution in [0.3, 0.4) is 0 Å². The van der Waals surface area contributed by atoms with Gasteiger partial charge in [-0.05, 0) is 30.0 Å². The highest BCUT2D eigenvalue weighted by Crippen LogP contribution is 2.29. The Bertz CT molecular complexity index is 791. The molecule has 130 valence electrons. The van der Waals surface area contributed by atoms with Gasteiger partial charge in [0.1, 0.15) is 12.3 Å². The van der Waals surface area contributed by atoms with Crippen molar-refractivity contribution in [2.45, 2.75) is 19.8 Å². The van der Waals surface area contributed by atoms with Crippen LogP contribution in [-0.2, 0) is 16.0 Å². The first kappa shape index (κ1) is 17.0. The molecule has 25 heavy (non-hydrogen) atoms. The molecule has 1 aromatic carbocycles. The Morgan fingerprint density at radius 3 is 2.96 bits per heavy atom. The van der Waals surface area contributed by atoms with E-state index >= 15 is 0 Å². The van der Waals surface area contributed by atoms with Crippen molar-refractivity contribution in [3.8, 4) is 5.75 Å². The van der Waals surface area contributed by atoms with Crippen molar-refractivity contribution in [1.82, 2.24) is 4.98 Å². The van der Waals surface area contributed by atoms with Crippen LogP contribution in [0.5, 0.6) is 5.75 Å². The van der Waals surface area contributed by atoms with Gasteiger partial charge in [-0.15, -0.1) is 0 Å². The molecular weight excluding hydrogens is 318 g/mol. The van der Waals surface area contributed by atoms with Gasteiger partial charge in [-0.3, -0.25) is 14.6 Å². The fourth-order valence-electron chi connectivity index (χ4n) is 3.09. The van der Waals surface area contributed by atoms with Gasteiger partial charge in [0.2, 0.25) is 11.8 Å². The van der Waals surface area contributed by atoms with Crippen LogP contribution in [0, 0.1) is 5.92 Å². The normalized spacial score (nSPS) is 14.5. The van der Waals surface area contributed by atoms with Crippen LogP contribution in [0.4, 0.5) is 11.4 Å². The fraction of sp³-hybridized carbons (Fsp3) is 0.316. The molecule has 0 unspecified atom stereocenters. The zero-order valence-corrected chi connectivity index (χ0v) is 14.4.